The topological polar surface area (TPSA) is 42.7 Å². The molecule has 3 aromatic rings. The number of imidazole rings is 1. The average Bonchev–Trinajstić information content (AvgIpc) is 3.15. The van der Waals surface area contributed by atoms with Crippen molar-refractivity contribution in [2.75, 3.05) is 13.1 Å². The van der Waals surface area contributed by atoms with E-state index in [1.54, 1.807) is 0 Å². The van der Waals surface area contributed by atoms with Crippen LogP contribution in [0.1, 0.15) is 65.6 Å². The first-order chi connectivity index (χ1) is 15.2. The molecule has 4 nitrogen and oxygen atoms in total. The Morgan fingerprint density at radius 3 is 2.81 bits per heavy atom. The fraction of sp³-hybridized carbons (Fsp3) is 0.462. The zero-order chi connectivity index (χ0) is 21.2. The van der Waals surface area contributed by atoms with Crippen LogP contribution in [0.2, 0.25) is 5.02 Å². The Balaban J connectivity index is 1.49. The lowest BCUT2D eigenvalue weighted by Gasteiger charge is -2.32. The molecular weight excluding hydrogens is 404 g/mol. The van der Waals surface area contributed by atoms with Crippen molar-refractivity contribution in [3.05, 3.63) is 82.2 Å². The lowest BCUT2D eigenvalue weighted by Crippen LogP contribution is -2.32. The zero-order valence-electron chi connectivity index (χ0n) is 18.2. The van der Waals surface area contributed by atoms with Crippen LogP contribution in [-0.4, -0.2) is 27.6 Å². The minimum absolute atomic E-state index is 0.367. The largest absolute Gasteiger partial charge is 0.337 e. The van der Waals surface area contributed by atoms with Gasteiger partial charge in [0.1, 0.15) is 0 Å². The molecule has 2 atom stereocenters. The summed E-state index contributed by atoms with van der Waals surface area (Å²) in [6.45, 7) is 5.25. The summed E-state index contributed by atoms with van der Waals surface area (Å²) in [6, 6.07) is 11.0. The summed E-state index contributed by atoms with van der Waals surface area (Å²) in [7, 11) is 0. The van der Waals surface area contributed by atoms with Crippen LogP contribution < -0.4 is 5.32 Å². The standard InChI is InChI=1S/C26H31ClN4/c1-18-16-31(17-30-18)13-3-4-20-14-21-15-22(27)6-7-23(21)25(19-8-11-28-12-9-19)26-24(20)5-2-10-29-26/h2,5-7,10,15-17,19-20,25,28H,3-4,8-9,11-14H2,1H3. The van der Waals surface area contributed by atoms with Gasteiger partial charge in [0.25, 0.3) is 0 Å². The van der Waals surface area contributed by atoms with Crippen molar-refractivity contribution in [2.45, 2.75) is 57.4 Å². The zero-order valence-corrected chi connectivity index (χ0v) is 19.0. The maximum absolute atomic E-state index is 6.47. The fourth-order valence-electron chi connectivity index (χ4n) is 5.64. The van der Waals surface area contributed by atoms with Crippen molar-refractivity contribution in [3.8, 4) is 0 Å². The summed E-state index contributed by atoms with van der Waals surface area (Å²) in [5.41, 5.74) is 6.69. The van der Waals surface area contributed by atoms with Gasteiger partial charge in [-0.15, -0.1) is 0 Å². The molecule has 31 heavy (non-hydrogen) atoms. The van der Waals surface area contributed by atoms with Gasteiger partial charge in [0.05, 0.1) is 17.7 Å². The predicted molar refractivity (Wildman–Crippen MR) is 126 cm³/mol. The smallest absolute Gasteiger partial charge is 0.0949 e. The molecular formula is C26H31ClN4. The molecule has 0 saturated carbocycles. The van der Waals surface area contributed by atoms with Crippen molar-refractivity contribution >= 4 is 11.6 Å². The van der Waals surface area contributed by atoms with Gasteiger partial charge in [-0.3, -0.25) is 4.98 Å². The minimum atomic E-state index is 0.367. The van der Waals surface area contributed by atoms with Crippen LogP contribution in [0.5, 0.6) is 0 Å². The quantitative estimate of drug-likeness (QED) is 0.577. The number of hydrogen-bond donors (Lipinski definition) is 1. The molecule has 2 aromatic heterocycles. The molecule has 0 amide bonds. The van der Waals surface area contributed by atoms with Crippen LogP contribution in [0.4, 0.5) is 0 Å². The van der Waals surface area contributed by atoms with Crippen LogP contribution in [0.15, 0.2) is 49.1 Å². The predicted octanol–water partition coefficient (Wildman–Crippen LogP) is 5.49. The summed E-state index contributed by atoms with van der Waals surface area (Å²) in [5.74, 6) is 1.46. The van der Waals surface area contributed by atoms with Crippen molar-refractivity contribution in [3.63, 3.8) is 0 Å². The first kappa shape index (κ1) is 20.7. The van der Waals surface area contributed by atoms with Gasteiger partial charge in [0.15, 0.2) is 0 Å². The van der Waals surface area contributed by atoms with Gasteiger partial charge in [-0.25, -0.2) is 4.98 Å². The van der Waals surface area contributed by atoms with E-state index in [4.69, 9.17) is 16.6 Å². The third kappa shape index (κ3) is 4.42. The molecule has 2 aliphatic rings. The number of hydrogen-bond acceptors (Lipinski definition) is 3. The number of fused-ring (bicyclic) bond motifs is 2. The number of nitrogens with zero attached hydrogens (tertiary/aromatic N) is 3. The lowest BCUT2D eigenvalue weighted by atomic mass is 9.76. The average molecular weight is 435 g/mol. The highest BCUT2D eigenvalue weighted by atomic mass is 35.5. The Morgan fingerprint density at radius 1 is 1.13 bits per heavy atom. The second-order valence-electron chi connectivity index (χ2n) is 9.18. The Labute approximate surface area is 190 Å². The summed E-state index contributed by atoms with van der Waals surface area (Å²) in [4.78, 5) is 9.38. The van der Waals surface area contributed by atoms with Gasteiger partial charge in [-0.1, -0.05) is 23.7 Å². The first-order valence-corrected chi connectivity index (χ1v) is 12.0. The van der Waals surface area contributed by atoms with Crippen LogP contribution in [0.3, 0.4) is 0 Å². The first-order valence-electron chi connectivity index (χ1n) is 11.6. The number of nitrogens with one attached hydrogen (secondary N) is 1. The van der Waals surface area contributed by atoms with Crippen LogP contribution in [-0.2, 0) is 13.0 Å². The van der Waals surface area contributed by atoms with Gasteiger partial charge in [-0.05, 0) is 98.8 Å². The normalized spacial score (nSPS) is 21.4. The Hall–Kier alpha value is -2.17. The van der Waals surface area contributed by atoms with Crippen LogP contribution in [0, 0.1) is 12.8 Å². The Morgan fingerprint density at radius 2 is 2.00 bits per heavy atom. The van der Waals surface area contributed by atoms with Gasteiger partial charge in [0.2, 0.25) is 0 Å². The van der Waals surface area contributed by atoms with E-state index in [2.05, 4.69) is 51.4 Å². The lowest BCUT2D eigenvalue weighted by molar-refractivity contribution is 0.338. The maximum Gasteiger partial charge on any atom is 0.0949 e. The van der Waals surface area contributed by atoms with E-state index in [1.165, 1.54) is 35.2 Å². The number of halogens is 1. The highest BCUT2D eigenvalue weighted by Crippen LogP contribution is 2.45. The maximum atomic E-state index is 6.47. The van der Waals surface area contributed by atoms with E-state index in [1.807, 2.05) is 19.4 Å². The second-order valence-corrected chi connectivity index (χ2v) is 9.62. The van der Waals surface area contributed by atoms with E-state index in [-0.39, 0.29) is 0 Å². The van der Waals surface area contributed by atoms with Crippen molar-refractivity contribution in [1.29, 1.82) is 0 Å². The third-order valence-electron chi connectivity index (χ3n) is 7.10. The SMILES string of the molecule is Cc1cn(CCCC2Cc3cc(Cl)ccc3C(C3CCNCC3)c3ncccc32)cn1. The summed E-state index contributed by atoms with van der Waals surface area (Å²) >= 11 is 6.47. The van der Waals surface area contributed by atoms with E-state index in [0.29, 0.717) is 17.8 Å². The number of piperidine rings is 1. The summed E-state index contributed by atoms with van der Waals surface area (Å²) in [5, 5.41) is 4.37. The molecule has 162 valence electrons. The molecule has 1 aliphatic carbocycles. The van der Waals surface area contributed by atoms with Gasteiger partial charge in [-0.2, -0.15) is 0 Å². The van der Waals surface area contributed by atoms with E-state index < -0.39 is 0 Å². The van der Waals surface area contributed by atoms with Gasteiger partial charge < -0.3 is 9.88 Å². The molecule has 3 heterocycles. The molecule has 5 heteroatoms. The molecule has 1 aromatic carbocycles. The van der Waals surface area contributed by atoms with Crippen LogP contribution >= 0.6 is 11.6 Å². The number of pyridine rings is 1. The van der Waals surface area contributed by atoms with Crippen molar-refractivity contribution < 1.29 is 0 Å². The van der Waals surface area contributed by atoms with E-state index in [9.17, 15) is 0 Å². The molecule has 1 aliphatic heterocycles. The highest BCUT2D eigenvalue weighted by molar-refractivity contribution is 6.30. The molecule has 5 rings (SSSR count). The molecule has 1 fully saturated rings. The molecule has 1 N–H and O–H groups in total. The molecule has 0 spiro atoms. The number of benzene rings is 1. The third-order valence-corrected chi connectivity index (χ3v) is 7.33. The monoisotopic (exact) mass is 434 g/mol. The van der Waals surface area contributed by atoms with Crippen molar-refractivity contribution in [2.24, 2.45) is 5.92 Å². The van der Waals surface area contributed by atoms with Gasteiger partial charge >= 0.3 is 0 Å². The number of aromatic nitrogens is 3. The highest BCUT2D eigenvalue weighted by Gasteiger charge is 2.35. The number of aryl methyl sites for hydroxylation is 2. The van der Waals surface area contributed by atoms with Crippen LogP contribution in [0.25, 0.3) is 0 Å². The molecule has 1 saturated heterocycles. The second kappa shape index (κ2) is 9.13. The summed E-state index contributed by atoms with van der Waals surface area (Å²) in [6.07, 6.45) is 11.8. The molecule has 2 unspecified atom stereocenters. The molecule has 0 bridgehead atoms. The fourth-order valence-corrected chi connectivity index (χ4v) is 5.83. The minimum Gasteiger partial charge on any atom is -0.337 e. The van der Waals surface area contributed by atoms with E-state index in [0.717, 1.165) is 49.6 Å². The van der Waals surface area contributed by atoms with E-state index >= 15 is 0 Å². The Bertz CT molecular complexity index is 1040. The summed E-state index contributed by atoms with van der Waals surface area (Å²) < 4.78 is 2.21. The van der Waals surface area contributed by atoms with Crippen molar-refractivity contribution in [1.82, 2.24) is 19.9 Å². The number of rotatable bonds is 5. The van der Waals surface area contributed by atoms with Gasteiger partial charge in [0, 0.05) is 29.9 Å². The molecule has 0 radical (unpaired) electrons. The Kier molecular flexibility index (Phi) is 6.10.